The third-order valence-electron chi connectivity index (χ3n) is 4.72. The topological polar surface area (TPSA) is 76.3 Å². The molecular weight excluding hydrogens is 346 g/mol. The maximum Gasteiger partial charge on any atom is 0.256 e. The highest BCUT2D eigenvalue weighted by molar-refractivity contribution is 7.99. The van der Waals surface area contributed by atoms with E-state index in [2.05, 4.69) is 37.0 Å². The summed E-state index contributed by atoms with van der Waals surface area (Å²) in [5, 5.41) is 0.710. The third-order valence-corrected chi connectivity index (χ3v) is 5.92. The third kappa shape index (κ3) is 4.07. The number of aromatic nitrogens is 1. The Bertz CT molecular complexity index is 830. The molecule has 2 aromatic rings. The number of aryl methyl sites for hydroxylation is 2. The average Bonchev–Trinajstić information content (AvgIpc) is 2.64. The van der Waals surface area contributed by atoms with Crippen LogP contribution in [0.4, 0.5) is 0 Å². The van der Waals surface area contributed by atoms with Gasteiger partial charge in [0.1, 0.15) is 5.03 Å². The Labute approximate surface area is 158 Å². The first-order valence-electron chi connectivity index (χ1n) is 8.74. The zero-order chi connectivity index (χ0) is 18.7. The van der Waals surface area contributed by atoms with Gasteiger partial charge in [-0.1, -0.05) is 29.5 Å². The molecule has 3 rings (SSSR count). The van der Waals surface area contributed by atoms with Gasteiger partial charge in [-0.05, 0) is 50.5 Å². The van der Waals surface area contributed by atoms with Crippen LogP contribution in [0, 0.1) is 19.8 Å². The number of pyridine rings is 1. The van der Waals surface area contributed by atoms with Crippen molar-refractivity contribution in [1.82, 2.24) is 9.88 Å². The minimum absolute atomic E-state index is 0.0340. The number of likely N-dealkylation sites (tertiary alicyclic amines) is 1. The molecule has 2 N–H and O–H groups in total. The summed E-state index contributed by atoms with van der Waals surface area (Å²) in [4.78, 5) is 31.6. The Morgan fingerprint density at radius 2 is 1.92 bits per heavy atom. The lowest BCUT2D eigenvalue weighted by Gasteiger charge is -2.30. The quantitative estimate of drug-likeness (QED) is 0.898. The van der Waals surface area contributed by atoms with Crippen molar-refractivity contribution in [3.63, 3.8) is 0 Å². The average molecular weight is 369 g/mol. The second-order valence-corrected chi connectivity index (χ2v) is 7.73. The number of hydrogen-bond acceptors (Lipinski definition) is 4. The minimum Gasteiger partial charge on any atom is -0.369 e. The zero-order valence-electron chi connectivity index (χ0n) is 15.1. The Kier molecular flexibility index (Phi) is 5.61. The number of primary amides is 1. The van der Waals surface area contributed by atoms with Crippen molar-refractivity contribution in [2.45, 2.75) is 36.6 Å². The van der Waals surface area contributed by atoms with Gasteiger partial charge in [-0.25, -0.2) is 4.98 Å². The van der Waals surface area contributed by atoms with Gasteiger partial charge in [-0.15, -0.1) is 0 Å². The van der Waals surface area contributed by atoms with Crippen LogP contribution in [0.1, 0.15) is 34.3 Å². The van der Waals surface area contributed by atoms with Crippen LogP contribution >= 0.6 is 11.8 Å². The monoisotopic (exact) mass is 369 g/mol. The molecule has 1 fully saturated rings. The molecule has 6 heteroatoms. The maximum absolute atomic E-state index is 13.0. The first-order chi connectivity index (χ1) is 12.5. The van der Waals surface area contributed by atoms with Crippen molar-refractivity contribution in [3.8, 4) is 0 Å². The lowest BCUT2D eigenvalue weighted by atomic mass is 9.96. The molecule has 1 aliphatic heterocycles. The van der Waals surface area contributed by atoms with Crippen LogP contribution in [-0.2, 0) is 4.79 Å². The van der Waals surface area contributed by atoms with E-state index in [-0.39, 0.29) is 17.7 Å². The summed E-state index contributed by atoms with van der Waals surface area (Å²) in [6.45, 7) is 5.23. The van der Waals surface area contributed by atoms with Crippen molar-refractivity contribution in [2.24, 2.45) is 11.7 Å². The summed E-state index contributed by atoms with van der Waals surface area (Å²) < 4.78 is 0. The van der Waals surface area contributed by atoms with Crippen LogP contribution < -0.4 is 5.73 Å². The molecule has 0 aliphatic carbocycles. The molecule has 26 heavy (non-hydrogen) atoms. The molecular formula is C20H23N3O2S. The van der Waals surface area contributed by atoms with Crippen LogP contribution in [0.25, 0.3) is 0 Å². The van der Waals surface area contributed by atoms with Gasteiger partial charge in [0, 0.05) is 30.1 Å². The standard InChI is InChI=1S/C20H23N3O2S/c1-13-5-6-17(14(2)12-13)26-19-16(4-3-9-22-19)20(25)23-10-7-15(8-11-23)18(21)24/h3-6,9,12,15H,7-8,10-11H2,1-2H3,(H2,21,24). The molecule has 5 nitrogen and oxygen atoms in total. The molecule has 0 unspecified atom stereocenters. The smallest absolute Gasteiger partial charge is 0.256 e. The van der Waals surface area contributed by atoms with Crippen LogP contribution in [0.5, 0.6) is 0 Å². The Morgan fingerprint density at radius 3 is 2.58 bits per heavy atom. The van der Waals surface area contributed by atoms with Gasteiger partial charge in [-0.2, -0.15) is 0 Å². The fourth-order valence-electron chi connectivity index (χ4n) is 3.19. The van der Waals surface area contributed by atoms with E-state index in [1.54, 1.807) is 17.2 Å². The lowest BCUT2D eigenvalue weighted by molar-refractivity contribution is -0.123. The van der Waals surface area contributed by atoms with Gasteiger partial charge >= 0.3 is 0 Å². The molecule has 0 atom stereocenters. The Balaban J connectivity index is 1.79. The first-order valence-corrected chi connectivity index (χ1v) is 9.56. The molecule has 1 aromatic carbocycles. The summed E-state index contributed by atoms with van der Waals surface area (Å²) in [6, 6.07) is 9.86. The number of carbonyl (C=O) groups is 2. The number of hydrogen-bond donors (Lipinski definition) is 1. The summed E-state index contributed by atoms with van der Waals surface area (Å²) >= 11 is 1.51. The molecule has 1 saturated heterocycles. The highest BCUT2D eigenvalue weighted by Crippen LogP contribution is 2.32. The number of rotatable bonds is 4. The molecule has 136 valence electrons. The van der Waals surface area contributed by atoms with Crippen molar-refractivity contribution >= 4 is 23.6 Å². The summed E-state index contributed by atoms with van der Waals surface area (Å²) in [5.41, 5.74) is 8.36. The molecule has 2 heterocycles. The molecule has 0 radical (unpaired) electrons. The molecule has 0 bridgehead atoms. The minimum atomic E-state index is -0.274. The number of carbonyl (C=O) groups excluding carboxylic acids is 2. The van der Waals surface area contributed by atoms with E-state index in [9.17, 15) is 9.59 Å². The van der Waals surface area contributed by atoms with Gasteiger partial charge in [0.2, 0.25) is 5.91 Å². The number of benzene rings is 1. The van der Waals surface area contributed by atoms with Gasteiger partial charge in [0.05, 0.1) is 5.56 Å². The van der Waals surface area contributed by atoms with E-state index in [0.717, 1.165) is 4.90 Å². The Hall–Kier alpha value is -2.34. The highest BCUT2D eigenvalue weighted by Gasteiger charge is 2.27. The van der Waals surface area contributed by atoms with Gasteiger partial charge in [0.25, 0.3) is 5.91 Å². The van der Waals surface area contributed by atoms with E-state index in [1.165, 1.54) is 22.9 Å². The van der Waals surface area contributed by atoms with Crippen molar-refractivity contribution in [2.75, 3.05) is 13.1 Å². The van der Waals surface area contributed by atoms with E-state index in [0.29, 0.717) is 36.5 Å². The van der Waals surface area contributed by atoms with E-state index >= 15 is 0 Å². The fourth-order valence-corrected chi connectivity index (χ4v) is 4.13. The highest BCUT2D eigenvalue weighted by atomic mass is 32.2. The molecule has 0 spiro atoms. The number of nitrogens with two attached hydrogens (primary N) is 1. The predicted molar refractivity (Wildman–Crippen MR) is 102 cm³/mol. The van der Waals surface area contributed by atoms with Gasteiger partial charge < -0.3 is 10.6 Å². The van der Waals surface area contributed by atoms with Crippen LogP contribution in [-0.4, -0.2) is 34.8 Å². The van der Waals surface area contributed by atoms with E-state index in [1.807, 2.05) is 6.07 Å². The fraction of sp³-hybridized carbons (Fsp3) is 0.350. The molecule has 0 saturated carbocycles. The van der Waals surface area contributed by atoms with Crippen molar-refractivity contribution in [3.05, 3.63) is 53.2 Å². The maximum atomic E-state index is 13.0. The summed E-state index contributed by atoms with van der Waals surface area (Å²) in [5.74, 6) is -0.435. The van der Waals surface area contributed by atoms with Crippen LogP contribution in [0.15, 0.2) is 46.5 Å². The van der Waals surface area contributed by atoms with Gasteiger partial charge in [-0.3, -0.25) is 9.59 Å². The normalized spacial score (nSPS) is 15.1. The van der Waals surface area contributed by atoms with Gasteiger partial charge in [0.15, 0.2) is 0 Å². The SMILES string of the molecule is Cc1ccc(Sc2ncccc2C(=O)N2CCC(C(N)=O)CC2)c(C)c1. The number of piperidine rings is 1. The van der Waals surface area contributed by atoms with E-state index < -0.39 is 0 Å². The summed E-state index contributed by atoms with van der Waals surface area (Å²) in [7, 11) is 0. The van der Waals surface area contributed by atoms with Crippen molar-refractivity contribution < 1.29 is 9.59 Å². The summed E-state index contributed by atoms with van der Waals surface area (Å²) in [6.07, 6.45) is 2.96. The van der Waals surface area contributed by atoms with E-state index in [4.69, 9.17) is 5.73 Å². The number of amides is 2. The molecule has 2 amide bonds. The lowest BCUT2D eigenvalue weighted by Crippen LogP contribution is -2.41. The second-order valence-electron chi connectivity index (χ2n) is 6.70. The first kappa shape index (κ1) is 18.5. The Morgan fingerprint density at radius 1 is 1.19 bits per heavy atom. The van der Waals surface area contributed by atoms with Crippen molar-refractivity contribution in [1.29, 1.82) is 0 Å². The molecule has 1 aliphatic rings. The second kappa shape index (κ2) is 7.91. The zero-order valence-corrected chi connectivity index (χ0v) is 15.9. The number of nitrogens with zero attached hydrogens (tertiary/aromatic N) is 2. The largest absolute Gasteiger partial charge is 0.369 e. The van der Waals surface area contributed by atoms with Crippen LogP contribution in [0.3, 0.4) is 0 Å². The van der Waals surface area contributed by atoms with Crippen LogP contribution in [0.2, 0.25) is 0 Å². The predicted octanol–water partition coefficient (Wildman–Crippen LogP) is 3.19. The molecule has 1 aromatic heterocycles.